The molecule has 0 saturated heterocycles. The van der Waals surface area contributed by atoms with E-state index in [4.69, 9.17) is 4.74 Å². The number of ether oxygens (including phenoxy) is 1. The van der Waals surface area contributed by atoms with E-state index < -0.39 is 0 Å². The minimum atomic E-state index is 0.391. The lowest BCUT2D eigenvalue weighted by Crippen LogP contribution is -2.14. The molecule has 0 radical (unpaired) electrons. The van der Waals surface area contributed by atoms with Crippen molar-refractivity contribution in [3.05, 3.63) is 21.9 Å². The van der Waals surface area contributed by atoms with Crippen LogP contribution in [0.5, 0.6) is 0 Å². The molecular weight excluding hydrogens is 266 g/mol. The lowest BCUT2D eigenvalue weighted by Gasteiger charge is -2.11. The van der Waals surface area contributed by atoms with Crippen LogP contribution in [0.25, 0.3) is 0 Å². The lowest BCUT2D eigenvalue weighted by atomic mass is 10.1. The third-order valence-corrected chi connectivity index (χ3v) is 4.89. The van der Waals surface area contributed by atoms with Crippen LogP contribution in [0.1, 0.15) is 68.5 Å². The molecule has 1 unspecified atom stereocenters. The van der Waals surface area contributed by atoms with Crippen molar-refractivity contribution >= 4 is 11.3 Å². The summed E-state index contributed by atoms with van der Waals surface area (Å²) in [5.74, 6) is 0. The molecule has 114 valence electrons. The topological polar surface area (TPSA) is 21.3 Å². The summed E-state index contributed by atoms with van der Waals surface area (Å²) in [5, 5.41) is 3.56. The zero-order valence-corrected chi connectivity index (χ0v) is 13.8. The van der Waals surface area contributed by atoms with Crippen molar-refractivity contribution in [2.75, 3.05) is 0 Å². The zero-order valence-electron chi connectivity index (χ0n) is 13.0. The number of nitrogens with one attached hydrogen (secondary N) is 1. The van der Waals surface area contributed by atoms with Crippen LogP contribution in [0.15, 0.2) is 12.1 Å². The van der Waals surface area contributed by atoms with E-state index in [0.29, 0.717) is 6.10 Å². The first-order valence-electron chi connectivity index (χ1n) is 8.20. The Labute approximate surface area is 127 Å². The molecule has 1 N–H and O–H groups in total. The molecule has 0 spiro atoms. The van der Waals surface area contributed by atoms with Crippen molar-refractivity contribution in [1.82, 2.24) is 5.32 Å². The predicted octanol–water partition coefficient (Wildman–Crippen LogP) is 4.88. The molecule has 1 heterocycles. The molecular formula is C17H29NOS. The minimum absolute atomic E-state index is 0.391. The number of hydrogen-bond donors (Lipinski definition) is 1. The van der Waals surface area contributed by atoms with E-state index in [9.17, 15) is 0 Å². The van der Waals surface area contributed by atoms with Gasteiger partial charge in [0.05, 0.1) is 12.7 Å². The fraction of sp³-hybridized carbons (Fsp3) is 0.765. The van der Waals surface area contributed by atoms with Gasteiger partial charge >= 0.3 is 0 Å². The molecule has 0 aromatic carbocycles. The van der Waals surface area contributed by atoms with E-state index in [0.717, 1.165) is 19.2 Å². The van der Waals surface area contributed by atoms with Gasteiger partial charge in [0, 0.05) is 22.3 Å². The van der Waals surface area contributed by atoms with E-state index in [2.05, 4.69) is 31.3 Å². The van der Waals surface area contributed by atoms with Crippen molar-refractivity contribution in [2.45, 2.75) is 84.1 Å². The van der Waals surface area contributed by atoms with Crippen LogP contribution >= 0.6 is 11.3 Å². The molecule has 0 amide bonds. The molecule has 0 aliphatic heterocycles. The Kier molecular flexibility index (Phi) is 7.05. The van der Waals surface area contributed by atoms with Gasteiger partial charge in [0.15, 0.2) is 0 Å². The fourth-order valence-electron chi connectivity index (χ4n) is 2.29. The van der Waals surface area contributed by atoms with Crippen LogP contribution in [0.4, 0.5) is 0 Å². The molecule has 1 atom stereocenters. The zero-order chi connectivity index (χ0) is 14.2. The maximum atomic E-state index is 5.95. The van der Waals surface area contributed by atoms with Gasteiger partial charge in [-0.25, -0.2) is 0 Å². The minimum Gasteiger partial charge on any atom is -0.373 e. The summed E-state index contributed by atoms with van der Waals surface area (Å²) in [6.07, 6.45) is 9.62. The summed E-state index contributed by atoms with van der Waals surface area (Å²) in [6.45, 7) is 6.27. The SMILES string of the molecule is CCCCCCC(C)OCc1ccc(CNC2CC2)s1. The van der Waals surface area contributed by atoms with Gasteiger partial charge in [0.1, 0.15) is 0 Å². The Morgan fingerprint density at radius 3 is 2.80 bits per heavy atom. The Balaban J connectivity index is 1.57. The molecule has 2 nitrogen and oxygen atoms in total. The third kappa shape index (κ3) is 6.38. The fourth-order valence-corrected chi connectivity index (χ4v) is 3.18. The highest BCUT2D eigenvalue weighted by molar-refractivity contribution is 7.11. The molecule has 1 aromatic rings. The van der Waals surface area contributed by atoms with E-state index in [-0.39, 0.29) is 0 Å². The van der Waals surface area contributed by atoms with Crippen molar-refractivity contribution < 1.29 is 4.74 Å². The largest absolute Gasteiger partial charge is 0.373 e. The molecule has 2 rings (SSSR count). The van der Waals surface area contributed by atoms with E-state index >= 15 is 0 Å². The number of thiophene rings is 1. The van der Waals surface area contributed by atoms with Gasteiger partial charge in [-0.3, -0.25) is 0 Å². The molecule has 1 fully saturated rings. The van der Waals surface area contributed by atoms with Crippen molar-refractivity contribution in [2.24, 2.45) is 0 Å². The van der Waals surface area contributed by atoms with E-state index in [1.807, 2.05) is 11.3 Å². The second-order valence-corrected chi connectivity index (χ2v) is 7.25. The molecule has 1 aliphatic rings. The van der Waals surface area contributed by atoms with Gasteiger partial charge in [-0.2, -0.15) is 0 Å². The maximum absolute atomic E-state index is 5.95. The summed E-state index contributed by atoms with van der Waals surface area (Å²) in [4.78, 5) is 2.80. The van der Waals surface area contributed by atoms with Crippen molar-refractivity contribution in [3.8, 4) is 0 Å². The first-order valence-corrected chi connectivity index (χ1v) is 9.02. The highest BCUT2D eigenvalue weighted by Gasteiger charge is 2.20. The van der Waals surface area contributed by atoms with E-state index in [1.165, 1.54) is 54.7 Å². The van der Waals surface area contributed by atoms with Gasteiger partial charge in [-0.05, 0) is 38.3 Å². The average Bonchev–Trinajstić information content (AvgIpc) is 3.17. The summed E-state index contributed by atoms with van der Waals surface area (Å²) in [7, 11) is 0. The highest BCUT2D eigenvalue weighted by atomic mass is 32.1. The van der Waals surface area contributed by atoms with Gasteiger partial charge in [-0.15, -0.1) is 11.3 Å². The Bertz CT molecular complexity index is 373. The number of unbranched alkanes of at least 4 members (excludes halogenated alkanes) is 3. The normalized spacial score (nSPS) is 16.5. The van der Waals surface area contributed by atoms with Gasteiger partial charge < -0.3 is 10.1 Å². The molecule has 1 saturated carbocycles. The second-order valence-electron chi connectivity index (χ2n) is 5.99. The van der Waals surface area contributed by atoms with Crippen molar-refractivity contribution in [3.63, 3.8) is 0 Å². The Hall–Kier alpha value is -0.380. The quantitative estimate of drug-likeness (QED) is 0.588. The van der Waals surface area contributed by atoms with Crippen LogP contribution in [0, 0.1) is 0 Å². The summed E-state index contributed by atoms with van der Waals surface area (Å²) in [5.41, 5.74) is 0. The lowest BCUT2D eigenvalue weighted by molar-refractivity contribution is 0.0475. The van der Waals surface area contributed by atoms with Crippen LogP contribution in [-0.2, 0) is 17.9 Å². The Morgan fingerprint density at radius 1 is 1.25 bits per heavy atom. The smallest absolute Gasteiger partial charge is 0.0813 e. The third-order valence-electron chi connectivity index (χ3n) is 3.83. The standard InChI is InChI=1S/C17H29NOS/c1-3-4-5-6-7-14(2)19-13-17-11-10-16(20-17)12-18-15-8-9-15/h10-11,14-15,18H,3-9,12-13H2,1-2H3. The summed E-state index contributed by atoms with van der Waals surface area (Å²) < 4.78 is 5.95. The van der Waals surface area contributed by atoms with Crippen LogP contribution in [-0.4, -0.2) is 12.1 Å². The first-order chi connectivity index (χ1) is 9.78. The average molecular weight is 295 g/mol. The predicted molar refractivity (Wildman–Crippen MR) is 87.2 cm³/mol. The highest BCUT2D eigenvalue weighted by Crippen LogP contribution is 2.22. The Morgan fingerprint density at radius 2 is 2.05 bits per heavy atom. The van der Waals surface area contributed by atoms with Gasteiger partial charge in [-0.1, -0.05) is 32.6 Å². The van der Waals surface area contributed by atoms with Gasteiger partial charge in [0.2, 0.25) is 0 Å². The summed E-state index contributed by atoms with van der Waals surface area (Å²) in [6, 6.07) is 5.25. The first kappa shape index (κ1) is 16.0. The summed E-state index contributed by atoms with van der Waals surface area (Å²) >= 11 is 1.89. The second kappa shape index (κ2) is 8.81. The number of hydrogen-bond acceptors (Lipinski definition) is 3. The number of rotatable bonds is 11. The molecule has 3 heteroatoms. The van der Waals surface area contributed by atoms with Crippen LogP contribution in [0.3, 0.4) is 0 Å². The molecule has 1 aliphatic carbocycles. The maximum Gasteiger partial charge on any atom is 0.0813 e. The monoisotopic (exact) mass is 295 g/mol. The van der Waals surface area contributed by atoms with E-state index in [1.54, 1.807) is 0 Å². The van der Waals surface area contributed by atoms with Crippen LogP contribution in [0.2, 0.25) is 0 Å². The molecule has 20 heavy (non-hydrogen) atoms. The van der Waals surface area contributed by atoms with Crippen molar-refractivity contribution in [1.29, 1.82) is 0 Å². The van der Waals surface area contributed by atoms with Crippen LogP contribution < -0.4 is 5.32 Å². The molecule has 1 aromatic heterocycles. The molecule has 0 bridgehead atoms. The van der Waals surface area contributed by atoms with Gasteiger partial charge in [0.25, 0.3) is 0 Å².